The number of amides is 4. The second-order valence-electron chi connectivity index (χ2n) is 18.0. The number of piperidine rings is 2. The van der Waals surface area contributed by atoms with Crippen molar-refractivity contribution in [2.75, 3.05) is 72.8 Å². The van der Waals surface area contributed by atoms with Crippen LogP contribution in [0.2, 0.25) is 5.02 Å². The standard InChI is InChI=1S/C45H49ClF2N12O8S/c1-4-55(2)69(66,67)54-31-6-5-29(47)40(28(31)23-49)51-33-8-7-32-38(39(33)46)42(63)60(25-50-32)26-21-45(68-24-26)12-17-58(18-13-45)37(62)22-44(65)10-15-57(16-11-44)35-20-34-27(19-30(35)48)41(53-56(34)3)59-14-9-36(61)52-43(59)64/h5-8,19-20,25-26,51,54,65H,4,9-18,21-22,24H2,1-3H3,(H,52,61,64)/t26-/m1/s1. The molecule has 4 amide bonds. The number of aromatic nitrogens is 4. The molecule has 6 heterocycles. The Hall–Kier alpha value is -6.45. The second kappa shape index (κ2) is 18.1. The Balaban J connectivity index is 0.825. The number of halogens is 3. The van der Waals surface area contributed by atoms with Crippen LogP contribution < -0.4 is 30.7 Å². The number of benzene rings is 3. The number of nitrogens with zero attached hydrogens (tertiary/aromatic N) is 9. The number of hydrogen-bond acceptors (Lipinski definition) is 13. The summed E-state index contributed by atoms with van der Waals surface area (Å²) in [5.41, 5.74) is -2.03. The zero-order chi connectivity index (χ0) is 49.2. The largest absolute Gasteiger partial charge is 0.389 e. The Labute approximate surface area is 399 Å². The first-order valence-corrected chi connectivity index (χ1v) is 24.2. The third kappa shape index (κ3) is 8.91. The molecule has 2 aromatic heterocycles. The molecule has 4 aliphatic rings. The average Bonchev–Trinajstić information content (AvgIpc) is 3.87. The van der Waals surface area contributed by atoms with E-state index in [9.17, 15) is 38.0 Å². The lowest BCUT2D eigenvalue weighted by Crippen LogP contribution is -2.51. The SMILES string of the molecule is CCN(C)S(=O)(=O)Nc1ccc(F)c(Nc2ccc3ncn([C@H]4COC5(CCN(C(=O)CC6(O)CCN(c7cc8c(cc7F)c(N7CCC(=O)NC7=O)nn8C)CC6)CC5)C4)c(=O)c3c2Cl)c1C#N. The zero-order valence-electron chi connectivity index (χ0n) is 37.9. The highest BCUT2D eigenvalue weighted by Gasteiger charge is 2.45. The van der Waals surface area contributed by atoms with Gasteiger partial charge in [-0.2, -0.15) is 23.1 Å². The van der Waals surface area contributed by atoms with E-state index in [0.29, 0.717) is 48.9 Å². The van der Waals surface area contributed by atoms with Crippen molar-refractivity contribution in [1.29, 1.82) is 5.26 Å². The Kier molecular flexibility index (Phi) is 12.5. The van der Waals surface area contributed by atoms with Gasteiger partial charge in [0.25, 0.3) is 5.56 Å². The predicted octanol–water partition coefficient (Wildman–Crippen LogP) is 4.63. The van der Waals surface area contributed by atoms with Gasteiger partial charge >= 0.3 is 16.2 Å². The van der Waals surface area contributed by atoms with E-state index in [1.165, 1.54) is 41.0 Å². The third-order valence-corrected chi connectivity index (χ3v) is 15.8. The first-order valence-electron chi connectivity index (χ1n) is 22.4. The quantitative estimate of drug-likeness (QED) is 0.141. The molecule has 1 spiro atoms. The van der Waals surface area contributed by atoms with Crippen LogP contribution in [0.25, 0.3) is 21.8 Å². The highest BCUT2D eigenvalue weighted by Crippen LogP contribution is 2.42. The second-order valence-corrected chi connectivity index (χ2v) is 20.2. The molecule has 0 bridgehead atoms. The molecule has 0 saturated carbocycles. The molecular weight excluding hydrogens is 942 g/mol. The number of rotatable bonds is 11. The number of likely N-dealkylation sites (tertiary alicyclic amines) is 1. The van der Waals surface area contributed by atoms with Crippen molar-refractivity contribution in [1.82, 2.24) is 33.9 Å². The maximum atomic E-state index is 15.7. The average molecular weight is 991 g/mol. The fourth-order valence-corrected chi connectivity index (χ4v) is 10.9. The summed E-state index contributed by atoms with van der Waals surface area (Å²) in [7, 11) is -1.02. The highest BCUT2D eigenvalue weighted by molar-refractivity contribution is 7.90. The number of urea groups is 1. The molecule has 4 N–H and O–H groups in total. The number of nitrogens with one attached hydrogen (secondary N) is 3. The number of ether oxygens (including phenoxy) is 1. The molecule has 0 unspecified atom stereocenters. The number of anilines is 5. The summed E-state index contributed by atoms with van der Waals surface area (Å²) in [4.78, 5) is 61.4. The lowest BCUT2D eigenvalue weighted by molar-refractivity contribution is -0.142. The van der Waals surface area contributed by atoms with Gasteiger partial charge in [0.1, 0.15) is 23.3 Å². The van der Waals surface area contributed by atoms with Gasteiger partial charge in [-0.1, -0.05) is 18.5 Å². The van der Waals surface area contributed by atoms with Gasteiger partial charge in [-0.3, -0.25) is 38.6 Å². The minimum atomic E-state index is -4.06. The van der Waals surface area contributed by atoms with E-state index in [4.69, 9.17) is 16.3 Å². The van der Waals surface area contributed by atoms with Crippen LogP contribution in [0.5, 0.6) is 0 Å². The summed E-state index contributed by atoms with van der Waals surface area (Å²) >= 11 is 6.83. The molecule has 20 nitrogen and oxygen atoms in total. The van der Waals surface area contributed by atoms with Crippen molar-refractivity contribution >= 4 is 90.0 Å². The number of aryl methyl sites for hydroxylation is 1. The molecule has 0 radical (unpaired) electrons. The van der Waals surface area contributed by atoms with E-state index >= 15 is 8.78 Å². The number of hydrogen-bond donors (Lipinski definition) is 4. The summed E-state index contributed by atoms with van der Waals surface area (Å²) in [5, 5.41) is 31.5. The summed E-state index contributed by atoms with van der Waals surface area (Å²) < 4.78 is 69.2. The molecular formula is C45H49ClF2N12O8S. The monoisotopic (exact) mass is 990 g/mol. The highest BCUT2D eigenvalue weighted by atomic mass is 35.5. The van der Waals surface area contributed by atoms with E-state index in [1.807, 2.05) is 11.0 Å². The van der Waals surface area contributed by atoms with Crippen LogP contribution in [0.15, 0.2) is 47.5 Å². The molecule has 4 fully saturated rings. The van der Waals surface area contributed by atoms with E-state index in [0.717, 1.165) is 16.4 Å². The summed E-state index contributed by atoms with van der Waals surface area (Å²) in [5.74, 6) is -1.75. The molecule has 24 heteroatoms. The molecule has 5 aromatic rings. The van der Waals surface area contributed by atoms with Gasteiger partial charge in [0.2, 0.25) is 11.8 Å². The maximum Gasteiger partial charge on any atom is 0.329 e. The normalized spacial score (nSPS) is 19.4. The van der Waals surface area contributed by atoms with Crippen LogP contribution in [-0.2, 0) is 31.6 Å². The van der Waals surface area contributed by atoms with Gasteiger partial charge in [-0.25, -0.2) is 18.6 Å². The third-order valence-electron chi connectivity index (χ3n) is 13.8. The van der Waals surface area contributed by atoms with Gasteiger partial charge in [0.15, 0.2) is 5.82 Å². The molecule has 69 heavy (non-hydrogen) atoms. The fourth-order valence-electron chi connectivity index (χ4n) is 9.66. The van der Waals surface area contributed by atoms with Crippen LogP contribution in [0.3, 0.4) is 0 Å². The molecule has 4 saturated heterocycles. The van der Waals surface area contributed by atoms with E-state index in [2.05, 4.69) is 25.4 Å². The minimum absolute atomic E-state index is 0.0354. The minimum Gasteiger partial charge on any atom is -0.389 e. The molecule has 364 valence electrons. The van der Waals surface area contributed by atoms with Crippen molar-refractivity contribution in [3.63, 3.8) is 0 Å². The van der Waals surface area contributed by atoms with Gasteiger partial charge in [0, 0.05) is 65.2 Å². The van der Waals surface area contributed by atoms with Gasteiger partial charge in [-0.15, -0.1) is 0 Å². The number of carbonyl (C=O) groups excluding carboxylic acids is 3. The molecule has 9 rings (SSSR count). The smallest absolute Gasteiger partial charge is 0.329 e. The molecule has 0 aliphatic carbocycles. The van der Waals surface area contributed by atoms with Crippen LogP contribution in [-0.4, -0.2) is 124 Å². The van der Waals surface area contributed by atoms with E-state index in [-0.39, 0.29) is 115 Å². The first kappa shape index (κ1) is 47.6. The first-order chi connectivity index (χ1) is 32.8. The topological polar surface area (TPSA) is 240 Å². The Bertz CT molecular complexity index is 3150. The number of imide groups is 1. The van der Waals surface area contributed by atoms with Crippen molar-refractivity contribution in [3.8, 4) is 6.07 Å². The van der Waals surface area contributed by atoms with Crippen molar-refractivity contribution in [3.05, 3.63) is 75.3 Å². The van der Waals surface area contributed by atoms with Gasteiger partial charge in [-0.05, 0) is 68.5 Å². The van der Waals surface area contributed by atoms with Crippen LogP contribution in [0, 0.1) is 23.0 Å². The predicted molar refractivity (Wildman–Crippen MR) is 252 cm³/mol. The number of carbonyl (C=O) groups is 3. The molecule has 3 aromatic carbocycles. The molecule has 1 atom stereocenters. The lowest BCUT2D eigenvalue weighted by Gasteiger charge is -2.42. The van der Waals surface area contributed by atoms with Crippen molar-refractivity contribution in [2.45, 2.75) is 69.1 Å². The van der Waals surface area contributed by atoms with Crippen molar-refractivity contribution < 1.29 is 41.4 Å². The van der Waals surface area contributed by atoms with Gasteiger partial charge in [0.05, 0.1) is 80.8 Å². The summed E-state index contributed by atoms with van der Waals surface area (Å²) in [6.07, 6.45) is 3.28. The summed E-state index contributed by atoms with van der Waals surface area (Å²) in [6.45, 7) is 3.39. The fraction of sp³-hybridized carbons (Fsp3) is 0.444. The van der Waals surface area contributed by atoms with Crippen LogP contribution >= 0.6 is 11.6 Å². The maximum absolute atomic E-state index is 15.7. The van der Waals surface area contributed by atoms with Crippen molar-refractivity contribution in [2.24, 2.45) is 7.05 Å². The summed E-state index contributed by atoms with van der Waals surface area (Å²) in [6, 6.07) is 8.91. The Morgan fingerprint density at radius 3 is 2.48 bits per heavy atom. The zero-order valence-corrected chi connectivity index (χ0v) is 39.5. The number of aliphatic hydroxyl groups is 1. The lowest BCUT2D eigenvalue weighted by atomic mass is 9.85. The van der Waals surface area contributed by atoms with Crippen LogP contribution in [0.4, 0.5) is 42.1 Å². The Morgan fingerprint density at radius 1 is 1.06 bits per heavy atom. The Morgan fingerprint density at radius 2 is 1.78 bits per heavy atom. The van der Waals surface area contributed by atoms with Gasteiger partial charge < -0.3 is 25.0 Å². The number of nitriles is 1. The van der Waals surface area contributed by atoms with Crippen LogP contribution in [0.1, 0.15) is 63.5 Å². The number of fused-ring (bicyclic) bond motifs is 2. The molecule has 4 aliphatic heterocycles. The van der Waals surface area contributed by atoms with E-state index < -0.39 is 50.7 Å². The van der Waals surface area contributed by atoms with E-state index in [1.54, 1.807) is 29.6 Å².